The van der Waals surface area contributed by atoms with Crippen LogP contribution in [0.5, 0.6) is 0 Å². The molecule has 116 valence electrons. The van der Waals surface area contributed by atoms with E-state index in [1.54, 1.807) is 0 Å². The molecule has 0 aliphatic carbocycles. The van der Waals surface area contributed by atoms with E-state index in [1.165, 1.54) is 5.56 Å². The Morgan fingerprint density at radius 1 is 1.10 bits per heavy atom. The standard InChI is InChI=1S/C17H25BrN2O/c1-17(2,3)15-6-4-14(5-7-15)16(21)20-12-10-19(9-8-18)11-13-20/h4-7H,8-13H2,1-3H3. The molecule has 0 radical (unpaired) electrons. The third kappa shape index (κ3) is 4.30. The van der Waals surface area contributed by atoms with Gasteiger partial charge in [-0.15, -0.1) is 0 Å². The van der Waals surface area contributed by atoms with Crippen LogP contribution < -0.4 is 0 Å². The van der Waals surface area contributed by atoms with Crippen molar-refractivity contribution in [1.29, 1.82) is 0 Å². The Morgan fingerprint density at radius 2 is 1.67 bits per heavy atom. The van der Waals surface area contributed by atoms with E-state index in [9.17, 15) is 4.79 Å². The first kappa shape index (κ1) is 16.5. The maximum Gasteiger partial charge on any atom is 0.253 e. The summed E-state index contributed by atoms with van der Waals surface area (Å²) in [5.41, 5.74) is 2.20. The summed E-state index contributed by atoms with van der Waals surface area (Å²) in [5.74, 6) is 0.161. The Labute approximate surface area is 136 Å². The lowest BCUT2D eigenvalue weighted by atomic mass is 9.86. The third-order valence-corrected chi connectivity index (χ3v) is 4.41. The summed E-state index contributed by atoms with van der Waals surface area (Å²) in [4.78, 5) is 16.9. The quantitative estimate of drug-likeness (QED) is 0.780. The van der Waals surface area contributed by atoms with Gasteiger partial charge in [-0.25, -0.2) is 0 Å². The van der Waals surface area contributed by atoms with Crippen LogP contribution in [0.3, 0.4) is 0 Å². The Kier molecular flexibility index (Phi) is 5.44. The molecule has 1 fully saturated rings. The number of benzene rings is 1. The molecular formula is C17H25BrN2O. The van der Waals surface area contributed by atoms with Crippen LogP contribution in [-0.2, 0) is 5.41 Å². The van der Waals surface area contributed by atoms with Gasteiger partial charge in [0.25, 0.3) is 5.91 Å². The summed E-state index contributed by atoms with van der Waals surface area (Å²) in [6, 6.07) is 8.09. The molecule has 4 heteroatoms. The van der Waals surface area contributed by atoms with Crippen LogP contribution >= 0.6 is 15.9 Å². The fourth-order valence-electron chi connectivity index (χ4n) is 2.59. The number of piperazine rings is 1. The lowest BCUT2D eigenvalue weighted by molar-refractivity contribution is 0.0645. The molecule has 0 spiro atoms. The molecule has 0 bridgehead atoms. The smallest absolute Gasteiger partial charge is 0.253 e. The summed E-state index contributed by atoms with van der Waals surface area (Å²) >= 11 is 3.47. The minimum atomic E-state index is 0.128. The number of carbonyl (C=O) groups excluding carboxylic acids is 1. The highest BCUT2D eigenvalue weighted by Gasteiger charge is 2.22. The highest BCUT2D eigenvalue weighted by molar-refractivity contribution is 9.09. The van der Waals surface area contributed by atoms with Crippen molar-refractivity contribution in [2.75, 3.05) is 38.1 Å². The number of alkyl halides is 1. The van der Waals surface area contributed by atoms with Gasteiger partial charge in [0.1, 0.15) is 0 Å². The molecule has 1 aliphatic rings. The molecule has 0 atom stereocenters. The maximum absolute atomic E-state index is 12.5. The van der Waals surface area contributed by atoms with E-state index >= 15 is 0 Å². The fraction of sp³-hybridized carbons (Fsp3) is 0.588. The molecule has 2 rings (SSSR count). The molecule has 1 aliphatic heterocycles. The van der Waals surface area contributed by atoms with Gasteiger partial charge >= 0.3 is 0 Å². The first-order valence-corrected chi connectivity index (χ1v) is 8.72. The number of halogens is 1. The molecule has 0 N–H and O–H groups in total. The summed E-state index contributed by atoms with van der Waals surface area (Å²) in [5, 5.41) is 0.995. The van der Waals surface area contributed by atoms with Crippen LogP contribution in [0.1, 0.15) is 36.7 Å². The summed E-state index contributed by atoms with van der Waals surface area (Å²) in [7, 11) is 0. The lowest BCUT2D eigenvalue weighted by Crippen LogP contribution is -2.49. The van der Waals surface area contributed by atoms with E-state index in [0.717, 1.165) is 43.6 Å². The number of amides is 1. The Bertz CT molecular complexity index is 471. The molecule has 0 saturated carbocycles. The largest absolute Gasteiger partial charge is 0.336 e. The van der Waals surface area contributed by atoms with E-state index in [4.69, 9.17) is 0 Å². The van der Waals surface area contributed by atoms with E-state index in [-0.39, 0.29) is 11.3 Å². The van der Waals surface area contributed by atoms with E-state index in [2.05, 4.69) is 53.7 Å². The van der Waals surface area contributed by atoms with Crippen LogP contribution in [0.2, 0.25) is 0 Å². The number of rotatable bonds is 3. The van der Waals surface area contributed by atoms with Crippen LogP contribution in [0.15, 0.2) is 24.3 Å². The second kappa shape index (κ2) is 6.93. The molecular weight excluding hydrogens is 328 g/mol. The normalized spacial score (nSPS) is 17.0. The first-order valence-electron chi connectivity index (χ1n) is 7.60. The van der Waals surface area contributed by atoms with Gasteiger partial charge < -0.3 is 4.90 Å². The van der Waals surface area contributed by atoms with Gasteiger partial charge in [-0.05, 0) is 23.1 Å². The predicted octanol–water partition coefficient (Wildman–Crippen LogP) is 3.14. The molecule has 1 amide bonds. The van der Waals surface area contributed by atoms with Gasteiger partial charge in [0.2, 0.25) is 0 Å². The van der Waals surface area contributed by atoms with E-state index in [1.807, 2.05) is 17.0 Å². The van der Waals surface area contributed by atoms with Crippen molar-refractivity contribution in [3.05, 3.63) is 35.4 Å². The number of nitrogens with zero attached hydrogens (tertiary/aromatic N) is 2. The first-order chi connectivity index (χ1) is 9.91. The SMILES string of the molecule is CC(C)(C)c1ccc(C(=O)N2CCN(CCBr)CC2)cc1. The molecule has 1 heterocycles. The molecule has 0 aromatic heterocycles. The van der Waals surface area contributed by atoms with Gasteiger partial charge in [0.15, 0.2) is 0 Å². The second-order valence-corrected chi connectivity index (χ2v) is 7.44. The molecule has 0 unspecified atom stereocenters. The highest BCUT2D eigenvalue weighted by Crippen LogP contribution is 2.22. The molecule has 3 nitrogen and oxygen atoms in total. The fourth-order valence-corrected chi connectivity index (χ4v) is 3.09. The van der Waals surface area contributed by atoms with Crippen LogP contribution in [0, 0.1) is 0 Å². The second-order valence-electron chi connectivity index (χ2n) is 6.65. The predicted molar refractivity (Wildman–Crippen MR) is 91.3 cm³/mol. The average molecular weight is 353 g/mol. The zero-order valence-electron chi connectivity index (χ0n) is 13.2. The van der Waals surface area contributed by atoms with Crippen molar-refractivity contribution in [1.82, 2.24) is 9.80 Å². The minimum absolute atomic E-state index is 0.128. The van der Waals surface area contributed by atoms with Crippen molar-refractivity contribution < 1.29 is 4.79 Å². The zero-order chi connectivity index (χ0) is 15.5. The molecule has 1 saturated heterocycles. The van der Waals surface area contributed by atoms with Crippen LogP contribution in [-0.4, -0.2) is 53.8 Å². The Hall–Kier alpha value is -0.870. The van der Waals surface area contributed by atoms with Crippen LogP contribution in [0.25, 0.3) is 0 Å². The van der Waals surface area contributed by atoms with Gasteiger partial charge in [0.05, 0.1) is 0 Å². The van der Waals surface area contributed by atoms with Crippen molar-refractivity contribution in [2.24, 2.45) is 0 Å². The van der Waals surface area contributed by atoms with Crippen molar-refractivity contribution in [2.45, 2.75) is 26.2 Å². The van der Waals surface area contributed by atoms with Crippen molar-refractivity contribution in [3.63, 3.8) is 0 Å². The lowest BCUT2D eigenvalue weighted by Gasteiger charge is -2.34. The number of hydrogen-bond donors (Lipinski definition) is 0. The van der Waals surface area contributed by atoms with Crippen LogP contribution in [0.4, 0.5) is 0 Å². The van der Waals surface area contributed by atoms with E-state index < -0.39 is 0 Å². The Balaban J connectivity index is 1.98. The topological polar surface area (TPSA) is 23.6 Å². The van der Waals surface area contributed by atoms with Crippen molar-refractivity contribution in [3.8, 4) is 0 Å². The van der Waals surface area contributed by atoms with E-state index in [0.29, 0.717) is 0 Å². The maximum atomic E-state index is 12.5. The summed E-state index contributed by atoms with van der Waals surface area (Å²) < 4.78 is 0. The molecule has 1 aromatic rings. The number of hydrogen-bond acceptors (Lipinski definition) is 2. The molecule has 21 heavy (non-hydrogen) atoms. The summed E-state index contributed by atoms with van der Waals surface area (Å²) in [6.07, 6.45) is 0. The zero-order valence-corrected chi connectivity index (χ0v) is 14.8. The van der Waals surface area contributed by atoms with Gasteiger partial charge in [-0.1, -0.05) is 48.8 Å². The minimum Gasteiger partial charge on any atom is -0.336 e. The molecule has 1 aromatic carbocycles. The Morgan fingerprint density at radius 3 is 2.14 bits per heavy atom. The van der Waals surface area contributed by atoms with Gasteiger partial charge in [-0.3, -0.25) is 9.69 Å². The number of carbonyl (C=O) groups is 1. The monoisotopic (exact) mass is 352 g/mol. The highest BCUT2D eigenvalue weighted by atomic mass is 79.9. The summed E-state index contributed by atoms with van der Waals surface area (Å²) in [6.45, 7) is 11.2. The average Bonchev–Trinajstić information content (AvgIpc) is 2.47. The third-order valence-electron chi connectivity index (χ3n) is 4.06. The van der Waals surface area contributed by atoms with Gasteiger partial charge in [0, 0.05) is 43.6 Å². The van der Waals surface area contributed by atoms with Crippen molar-refractivity contribution >= 4 is 21.8 Å². The van der Waals surface area contributed by atoms with Gasteiger partial charge in [-0.2, -0.15) is 0 Å².